The van der Waals surface area contributed by atoms with Crippen molar-refractivity contribution in [2.45, 2.75) is 51.3 Å². The first-order chi connectivity index (χ1) is 19.2. The number of aliphatic hydroxyl groups excluding tert-OH is 1. The molecule has 0 atom stereocenters. The summed E-state index contributed by atoms with van der Waals surface area (Å²) >= 11 is 0. The van der Waals surface area contributed by atoms with Gasteiger partial charge in [-0.05, 0) is 60.4 Å². The molecule has 2 aromatic carbocycles. The first-order valence-electron chi connectivity index (χ1n) is 13.9. The topological polar surface area (TPSA) is 109 Å². The SMILES string of the molecule is C=CC(=O)Nc1cccc(-c2ccc3c(c2)c(C(=O)NC2CCN(CCO)CC2)nn3COCC[Si](C)(C)C)c1. The van der Waals surface area contributed by atoms with Crippen LogP contribution in [0.1, 0.15) is 23.3 Å². The predicted molar refractivity (Wildman–Crippen MR) is 162 cm³/mol. The van der Waals surface area contributed by atoms with E-state index in [4.69, 9.17) is 9.84 Å². The average Bonchev–Trinajstić information content (AvgIpc) is 3.30. The van der Waals surface area contributed by atoms with E-state index >= 15 is 0 Å². The molecule has 1 aliphatic heterocycles. The molecule has 9 nitrogen and oxygen atoms in total. The van der Waals surface area contributed by atoms with E-state index in [0.717, 1.165) is 54.0 Å². The van der Waals surface area contributed by atoms with Crippen LogP contribution in [0.5, 0.6) is 0 Å². The summed E-state index contributed by atoms with van der Waals surface area (Å²) in [5.41, 5.74) is 3.69. The van der Waals surface area contributed by atoms with Gasteiger partial charge in [-0.15, -0.1) is 0 Å². The highest BCUT2D eigenvalue weighted by atomic mass is 28.3. The van der Waals surface area contributed by atoms with Crippen molar-refractivity contribution in [3.8, 4) is 11.1 Å². The van der Waals surface area contributed by atoms with E-state index in [1.54, 1.807) is 4.68 Å². The Balaban J connectivity index is 1.60. The number of carbonyl (C=O) groups is 2. The van der Waals surface area contributed by atoms with Gasteiger partial charge in [-0.2, -0.15) is 5.10 Å². The van der Waals surface area contributed by atoms with Gasteiger partial charge in [0.05, 0.1) is 12.1 Å². The number of carbonyl (C=O) groups excluding carboxylic acids is 2. The minimum Gasteiger partial charge on any atom is -0.395 e. The second-order valence-electron chi connectivity index (χ2n) is 11.5. The number of rotatable bonds is 12. The number of β-amino-alcohol motifs (C(OH)–C–C–N with tert-alkyl or cyclic N) is 1. The summed E-state index contributed by atoms with van der Waals surface area (Å²) in [6.45, 7) is 13.9. The number of piperidine rings is 1. The van der Waals surface area contributed by atoms with Crippen LogP contribution in [-0.4, -0.2) is 78.6 Å². The maximum absolute atomic E-state index is 13.5. The van der Waals surface area contributed by atoms with E-state index in [9.17, 15) is 14.7 Å². The monoisotopic (exact) mass is 563 g/mol. The number of likely N-dealkylation sites (tertiary alicyclic amines) is 1. The van der Waals surface area contributed by atoms with Crippen LogP contribution in [0.3, 0.4) is 0 Å². The van der Waals surface area contributed by atoms with Crippen molar-refractivity contribution in [3.05, 3.63) is 60.8 Å². The Morgan fingerprint density at radius 2 is 1.90 bits per heavy atom. The van der Waals surface area contributed by atoms with Gasteiger partial charge in [0.1, 0.15) is 6.73 Å². The summed E-state index contributed by atoms with van der Waals surface area (Å²) in [4.78, 5) is 27.5. The quantitative estimate of drug-likeness (QED) is 0.172. The van der Waals surface area contributed by atoms with E-state index in [2.05, 4.69) is 41.8 Å². The van der Waals surface area contributed by atoms with Crippen LogP contribution in [0.4, 0.5) is 5.69 Å². The zero-order chi connectivity index (χ0) is 28.7. The second kappa shape index (κ2) is 13.4. The summed E-state index contributed by atoms with van der Waals surface area (Å²) in [6.07, 6.45) is 2.90. The van der Waals surface area contributed by atoms with Gasteiger partial charge in [-0.1, -0.05) is 44.4 Å². The number of nitrogens with zero attached hydrogens (tertiary/aromatic N) is 3. The van der Waals surface area contributed by atoms with Gasteiger partial charge in [0.2, 0.25) is 5.91 Å². The fraction of sp³-hybridized carbons (Fsp3) is 0.433. The molecule has 1 fully saturated rings. The van der Waals surface area contributed by atoms with Crippen molar-refractivity contribution in [3.63, 3.8) is 0 Å². The number of anilines is 1. The second-order valence-corrected chi connectivity index (χ2v) is 17.1. The minimum atomic E-state index is -1.23. The molecule has 1 aromatic heterocycles. The van der Waals surface area contributed by atoms with Crippen molar-refractivity contribution in [1.29, 1.82) is 0 Å². The first-order valence-corrected chi connectivity index (χ1v) is 17.6. The molecule has 10 heteroatoms. The number of nitrogens with one attached hydrogen (secondary N) is 2. The molecule has 214 valence electrons. The Hall–Kier alpha value is -3.31. The van der Waals surface area contributed by atoms with E-state index in [0.29, 0.717) is 24.5 Å². The van der Waals surface area contributed by atoms with Crippen LogP contribution in [0.15, 0.2) is 55.1 Å². The molecule has 4 rings (SSSR count). The van der Waals surface area contributed by atoms with Crippen LogP contribution in [0.25, 0.3) is 22.0 Å². The fourth-order valence-corrected chi connectivity index (χ4v) is 5.58. The number of fused-ring (bicyclic) bond motifs is 1. The predicted octanol–water partition coefficient (Wildman–Crippen LogP) is 4.33. The molecule has 0 radical (unpaired) electrons. The summed E-state index contributed by atoms with van der Waals surface area (Å²) in [5.74, 6) is -0.472. The van der Waals surface area contributed by atoms with Gasteiger partial charge in [0.15, 0.2) is 5.69 Å². The standard InChI is InChI=1S/C30H41N5O4Si/c1-5-28(37)31-25-8-6-7-22(19-25)23-9-10-27-26(20-23)29(33-35(27)21-39-17-18-40(2,3)4)30(38)32-24-11-13-34(14-12-24)15-16-36/h5-10,19-20,24,36H,1,11-18,21H2,2-4H3,(H,31,37)(H,32,38). The Bertz CT molecular complexity index is 1340. The first kappa shape index (κ1) is 29.7. The van der Waals surface area contributed by atoms with Crippen molar-refractivity contribution >= 4 is 36.5 Å². The summed E-state index contributed by atoms with van der Waals surface area (Å²) in [6, 6.07) is 14.6. The fourth-order valence-electron chi connectivity index (χ4n) is 4.82. The number of benzene rings is 2. The van der Waals surface area contributed by atoms with E-state index in [-0.39, 0.29) is 31.2 Å². The third-order valence-electron chi connectivity index (χ3n) is 7.16. The lowest BCUT2D eigenvalue weighted by atomic mass is 10.0. The Morgan fingerprint density at radius 1 is 1.15 bits per heavy atom. The Morgan fingerprint density at radius 3 is 2.60 bits per heavy atom. The molecule has 2 heterocycles. The molecule has 0 aliphatic carbocycles. The van der Waals surface area contributed by atoms with Crippen LogP contribution in [-0.2, 0) is 16.3 Å². The van der Waals surface area contributed by atoms with Crippen LogP contribution < -0.4 is 10.6 Å². The Kier molecular flexibility index (Phi) is 9.91. The van der Waals surface area contributed by atoms with Gasteiger partial charge in [-0.3, -0.25) is 9.59 Å². The Labute approximate surface area is 237 Å². The summed E-state index contributed by atoms with van der Waals surface area (Å²) < 4.78 is 7.76. The third kappa shape index (κ3) is 7.88. The number of hydrogen-bond acceptors (Lipinski definition) is 6. The highest BCUT2D eigenvalue weighted by Gasteiger charge is 2.24. The molecule has 1 saturated heterocycles. The van der Waals surface area contributed by atoms with Gasteiger partial charge in [-0.25, -0.2) is 4.68 Å². The third-order valence-corrected chi connectivity index (χ3v) is 8.87. The maximum Gasteiger partial charge on any atom is 0.272 e. The average molecular weight is 564 g/mol. The van der Waals surface area contributed by atoms with Crippen LogP contribution in [0, 0.1) is 0 Å². The van der Waals surface area contributed by atoms with Gasteiger partial charge < -0.3 is 25.4 Å². The molecule has 1 aliphatic rings. The highest BCUT2D eigenvalue weighted by molar-refractivity contribution is 6.76. The molecule has 2 amide bonds. The number of aromatic nitrogens is 2. The zero-order valence-corrected chi connectivity index (χ0v) is 24.8. The van der Waals surface area contributed by atoms with E-state index < -0.39 is 8.07 Å². The number of hydrogen-bond donors (Lipinski definition) is 3. The largest absolute Gasteiger partial charge is 0.395 e. The lowest BCUT2D eigenvalue weighted by Crippen LogP contribution is -2.45. The number of aliphatic hydroxyl groups is 1. The van der Waals surface area contributed by atoms with Crippen LogP contribution in [0.2, 0.25) is 25.7 Å². The highest BCUT2D eigenvalue weighted by Crippen LogP contribution is 2.29. The van der Waals surface area contributed by atoms with Crippen LogP contribution >= 0.6 is 0 Å². The molecular formula is C30H41N5O4Si. The smallest absolute Gasteiger partial charge is 0.272 e. The zero-order valence-electron chi connectivity index (χ0n) is 23.8. The van der Waals surface area contributed by atoms with Gasteiger partial charge in [0, 0.05) is 51.4 Å². The van der Waals surface area contributed by atoms with Crippen molar-refractivity contribution in [2.24, 2.45) is 0 Å². The molecule has 40 heavy (non-hydrogen) atoms. The lowest BCUT2D eigenvalue weighted by molar-refractivity contribution is -0.111. The maximum atomic E-state index is 13.5. The van der Waals surface area contributed by atoms with Crippen molar-refractivity contribution in [2.75, 3.05) is 38.2 Å². The summed E-state index contributed by atoms with van der Waals surface area (Å²) in [7, 11) is -1.23. The van der Waals surface area contributed by atoms with E-state index in [1.807, 2.05) is 42.5 Å². The van der Waals surface area contributed by atoms with Crippen molar-refractivity contribution < 1.29 is 19.4 Å². The van der Waals surface area contributed by atoms with Gasteiger partial charge in [0.25, 0.3) is 5.91 Å². The molecule has 0 saturated carbocycles. The van der Waals surface area contributed by atoms with Gasteiger partial charge >= 0.3 is 0 Å². The molecule has 0 unspecified atom stereocenters. The summed E-state index contributed by atoms with van der Waals surface area (Å²) in [5, 5.41) is 20.7. The molecule has 3 aromatic rings. The molecular weight excluding hydrogens is 522 g/mol. The van der Waals surface area contributed by atoms with Crippen molar-refractivity contribution in [1.82, 2.24) is 20.0 Å². The molecule has 0 bridgehead atoms. The normalized spacial score (nSPS) is 14.8. The molecule has 0 spiro atoms. The minimum absolute atomic E-state index is 0.0592. The molecule has 3 N–H and O–H groups in total. The lowest BCUT2D eigenvalue weighted by Gasteiger charge is -2.31. The van der Waals surface area contributed by atoms with E-state index in [1.165, 1.54) is 6.08 Å². The number of amides is 2. The number of ether oxygens (including phenoxy) is 1.